The van der Waals surface area contributed by atoms with Crippen molar-refractivity contribution in [2.45, 2.75) is 18.7 Å². The van der Waals surface area contributed by atoms with Gasteiger partial charge in [0.25, 0.3) is 15.9 Å². The third kappa shape index (κ3) is 5.01. The van der Waals surface area contributed by atoms with Crippen molar-refractivity contribution in [3.63, 3.8) is 0 Å². The number of rotatable bonds is 7. The van der Waals surface area contributed by atoms with E-state index < -0.39 is 21.8 Å². The molecule has 0 fully saturated rings. The highest BCUT2D eigenvalue weighted by Crippen LogP contribution is 2.21. The number of nitrogens with one attached hydrogen (secondary N) is 2. The molecule has 0 aromatic heterocycles. The molecule has 0 saturated heterocycles. The molecule has 0 aliphatic rings. The molecule has 164 valence electrons. The number of Topliss-reactive ketones (excluding diaryl/α,β-unsaturated/α-hetero) is 1. The molecule has 9 heteroatoms. The zero-order valence-electron chi connectivity index (χ0n) is 17.4. The Hall–Kier alpha value is -3.98. The minimum atomic E-state index is -3.86. The summed E-state index contributed by atoms with van der Waals surface area (Å²) in [4.78, 5) is 35.4. The van der Waals surface area contributed by atoms with E-state index in [2.05, 4.69) is 10.0 Å². The fourth-order valence-electron chi connectivity index (χ4n) is 3.00. The topological polar surface area (TPSA) is 135 Å². The van der Waals surface area contributed by atoms with Gasteiger partial charge >= 0.3 is 0 Å². The van der Waals surface area contributed by atoms with Crippen LogP contribution in [0.2, 0.25) is 0 Å². The number of hydrogen-bond acceptors (Lipinski definition) is 5. The number of carbonyl (C=O) groups excluding carboxylic acids is 3. The standard InChI is InChI=1S/C23H21N3O5S/c1-14-20(22(24)28)4-3-5-21(14)25-23(29)17-6-10-18(11-7-17)26-32(30,31)19-12-8-16(9-13-19)15(2)27/h3-13,26H,1-2H3,(H2,24,28)(H,25,29). The van der Waals surface area contributed by atoms with E-state index in [9.17, 15) is 22.8 Å². The molecule has 2 amide bonds. The van der Waals surface area contributed by atoms with E-state index >= 15 is 0 Å². The van der Waals surface area contributed by atoms with Crippen molar-refractivity contribution < 1.29 is 22.8 Å². The van der Waals surface area contributed by atoms with E-state index in [1.807, 2.05) is 0 Å². The van der Waals surface area contributed by atoms with Crippen molar-refractivity contribution >= 4 is 39.0 Å². The molecule has 0 aliphatic heterocycles. The Morgan fingerprint density at radius 1 is 0.844 bits per heavy atom. The average molecular weight is 452 g/mol. The summed E-state index contributed by atoms with van der Waals surface area (Å²) in [5.41, 5.74) is 7.61. The smallest absolute Gasteiger partial charge is 0.261 e. The summed E-state index contributed by atoms with van der Waals surface area (Å²) in [5.74, 6) is -1.18. The van der Waals surface area contributed by atoms with Crippen molar-refractivity contribution in [2.75, 3.05) is 10.0 Å². The Morgan fingerprint density at radius 3 is 2.00 bits per heavy atom. The van der Waals surface area contributed by atoms with E-state index in [4.69, 9.17) is 5.73 Å². The summed E-state index contributed by atoms with van der Waals surface area (Å²) in [6, 6.07) is 16.3. The normalized spacial score (nSPS) is 10.9. The lowest BCUT2D eigenvalue weighted by Gasteiger charge is -2.12. The third-order valence-corrected chi connectivity index (χ3v) is 6.22. The number of sulfonamides is 1. The number of hydrogen-bond donors (Lipinski definition) is 3. The van der Waals surface area contributed by atoms with Crippen LogP contribution in [-0.4, -0.2) is 26.0 Å². The first-order valence-electron chi connectivity index (χ1n) is 9.53. The van der Waals surface area contributed by atoms with Gasteiger partial charge in [0, 0.05) is 28.1 Å². The molecule has 3 aromatic rings. The minimum absolute atomic E-state index is 0.00845. The SMILES string of the molecule is CC(=O)c1ccc(S(=O)(=O)Nc2ccc(C(=O)Nc3cccc(C(N)=O)c3C)cc2)cc1. The van der Waals surface area contributed by atoms with Crippen LogP contribution in [0.4, 0.5) is 11.4 Å². The second kappa shape index (κ2) is 9.03. The molecular formula is C23H21N3O5S. The van der Waals surface area contributed by atoms with E-state index in [1.165, 1.54) is 55.5 Å². The van der Waals surface area contributed by atoms with Gasteiger partial charge in [0.2, 0.25) is 5.91 Å². The Balaban J connectivity index is 1.73. The van der Waals surface area contributed by atoms with Crippen LogP contribution in [-0.2, 0) is 10.0 Å². The van der Waals surface area contributed by atoms with E-state index in [0.29, 0.717) is 27.9 Å². The van der Waals surface area contributed by atoms with Gasteiger partial charge < -0.3 is 11.1 Å². The first kappa shape index (κ1) is 22.7. The van der Waals surface area contributed by atoms with Crippen LogP contribution in [0.15, 0.2) is 71.6 Å². The lowest BCUT2D eigenvalue weighted by Crippen LogP contribution is -2.17. The molecular weight excluding hydrogens is 430 g/mol. The van der Waals surface area contributed by atoms with Gasteiger partial charge in [-0.2, -0.15) is 0 Å². The molecule has 0 atom stereocenters. The Morgan fingerprint density at radius 2 is 1.44 bits per heavy atom. The third-order valence-electron chi connectivity index (χ3n) is 4.82. The maximum absolute atomic E-state index is 12.6. The van der Waals surface area contributed by atoms with Crippen molar-refractivity contribution in [3.05, 3.63) is 89.0 Å². The molecule has 0 bridgehead atoms. The molecule has 0 aliphatic carbocycles. The Bertz CT molecular complexity index is 1300. The summed E-state index contributed by atoms with van der Waals surface area (Å²) in [6.45, 7) is 3.08. The minimum Gasteiger partial charge on any atom is -0.366 e. The molecule has 32 heavy (non-hydrogen) atoms. The molecule has 4 N–H and O–H groups in total. The lowest BCUT2D eigenvalue weighted by molar-refractivity contribution is 0.0994. The number of carbonyl (C=O) groups is 3. The highest BCUT2D eigenvalue weighted by atomic mass is 32.2. The number of amides is 2. The number of primary amides is 1. The van der Waals surface area contributed by atoms with Crippen LogP contribution in [0, 0.1) is 6.92 Å². The summed E-state index contributed by atoms with van der Waals surface area (Å²) < 4.78 is 27.5. The molecule has 3 rings (SSSR count). The van der Waals surface area contributed by atoms with Crippen LogP contribution in [0.3, 0.4) is 0 Å². The highest BCUT2D eigenvalue weighted by molar-refractivity contribution is 7.92. The van der Waals surface area contributed by atoms with Crippen LogP contribution in [0.1, 0.15) is 43.6 Å². The summed E-state index contributed by atoms with van der Waals surface area (Å²) in [7, 11) is -3.86. The maximum atomic E-state index is 12.6. The molecule has 0 unspecified atom stereocenters. The predicted molar refractivity (Wildman–Crippen MR) is 121 cm³/mol. The van der Waals surface area contributed by atoms with Gasteiger partial charge in [-0.25, -0.2) is 8.42 Å². The van der Waals surface area contributed by atoms with Gasteiger partial charge in [-0.1, -0.05) is 18.2 Å². The molecule has 0 radical (unpaired) electrons. The predicted octanol–water partition coefficient (Wildman–Crippen LogP) is 3.35. The number of nitrogens with two attached hydrogens (primary N) is 1. The zero-order valence-corrected chi connectivity index (χ0v) is 18.2. The van der Waals surface area contributed by atoms with Gasteiger partial charge in [-0.3, -0.25) is 19.1 Å². The quantitative estimate of drug-likeness (QED) is 0.473. The maximum Gasteiger partial charge on any atom is 0.261 e. The fraction of sp³-hybridized carbons (Fsp3) is 0.0870. The zero-order chi connectivity index (χ0) is 23.5. The average Bonchev–Trinajstić information content (AvgIpc) is 2.75. The van der Waals surface area contributed by atoms with Crippen LogP contribution in [0.25, 0.3) is 0 Å². The first-order valence-corrected chi connectivity index (χ1v) is 11.0. The van der Waals surface area contributed by atoms with Crippen LogP contribution in [0.5, 0.6) is 0 Å². The molecule has 0 heterocycles. The largest absolute Gasteiger partial charge is 0.366 e. The first-order chi connectivity index (χ1) is 15.1. The van der Waals surface area contributed by atoms with E-state index in [0.717, 1.165) is 0 Å². The Kier molecular flexibility index (Phi) is 6.40. The van der Waals surface area contributed by atoms with Gasteiger partial charge in [-0.05, 0) is 67.9 Å². The second-order valence-electron chi connectivity index (χ2n) is 7.06. The monoisotopic (exact) mass is 451 g/mol. The summed E-state index contributed by atoms with van der Waals surface area (Å²) in [6.07, 6.45) is 0. The van der Waals surface area contributed by atoms with E-state index in [-0.39, 0.29) is 16.4 Å². The Labute approximate surface area is 185 Å². The summed E-state index contributed by atoms with van der Waals surface area (Å²) >= 11 is 0. The van der Waals surface area contributed by atoms with Gasteiger partial charge in [0.15, 0.2) is 5.78 Å². The van der Waals surface area contributed by atoms with Crippen molar-refractivity contribution in [1.82, 2.24) is 0 Å². The van der Waals surface area contributed by atoms with Crippen molar-refractivity contribution in [3.8, 4) is 0 Å². The van der Waals surface area contributed by atoms with Crippen LogP contribution < -0.4 is 15.8 Å². The van der Waals surface area contributed by atoms with E-state index in [1.54, 1.807) is 25.1 Å². The summed E-state index contributed by atoms with van der Waals surface area (Å²) in [5, 5.41) is 2.72. The van der Waals surface area contributed by atoms with Crippen molar-refractivity contribution in [1.29, 1.82) is 0 Å². The fourth-order valence-corrected chi connectivity index (χ4v) is 4.06. The molecule has 0 spiro atoms. The van der Waals surface area contributed by atoms with Gasteiger partial charge in [0.05, 0.1) is 4.90 Å². The van der Waals surface area contributed by atoms with Crippen molar-refractivity contribution in [2.24, 2.45) is 5.73 Å². The lowest BCUT2D eigenvalue weighted by atomic mass is 10.1. The molecule has 0 saturated carbocycles. The van der Waals surface area contributed by atoms with Crippen LogP contribution >= 0.6 is 0 Å². The molecule has 8 nitrogen and oxygen atoms in total. The number of ketones is 1. The number of benzene rings is 3. The number of anilines is 2. The van der Waals surface area contributed by atoms with Gasteiger partial charge in [0.1, 0.15) is 0 Å². The second-order valence-corrected chi connectivity index (χ2v) is 8.74. The highest BCUT2D eigenvalue weighted by Gasteiger charge is 2.16. The molecule has 3 aromatic carbocycles. The van der Waals surface area contributed by atoms with Gasteiger partial charge in [-0.15, -0.1) is 0 Å².